The molecule has 0 atom stereocenters. The van der Waals surface area contributed by atoms with Gasteiger partial charge in [-0.15, -0.1) is 0 Å². The molecule has 1 aliphatic heterocycles. The number of para-hydroxylation sites is 1. The zero-order valence-electron chi connectivity index (χ0n) is 19.0. The number of anilines is 1. The van der Waals surface area contributed by atoms with Gasteiger partial charge in [-0.05, 0) is 48.2 Å². The fourth-order valence-corrected chi connectivity index (χ4v) is 5.76. The number of benzene rings is 3. The highest BCUT2D eigenvalue weighted by Gasteiger charge is 2.34. The molecular formula is C27H28N2O4S. The smallest absolute Gasteiger partial charge is 0.230 e. The Morgan fingerprint density at radius 2 is 1.65 bits per heavy atom. The van der Waals surface area contributed by atoms with E-state index in [4.69, 9.17) is 4.74 Å². The number of fused-ring (bicyclic) bond motifs is 1. The van der Waals surface area contributed by atoms with Gasteiger partial charge in [0.1, 0.15) is 12.4 Å². The Balaban J connectivity index is 1.38. The van der Waals surface area contributed by atoms with Gasteiger partial charge in [0.15, 0.2) is 0 Å². The van der Waals surface area contributed by atoms with E-state index in [1.807, 2.05) is 83.8 Å². The molecule has 0 bridgehead atoms. The number of hydrogen-bond donors (Lipinski definition) is 0. The third-order valence-electron chi connectivity index (χ3n) is 6.26. The monoisotopic (exact) mass is 476 g/mol. The van der Waals surface area contributed by atoms with Gasteiger partial charge in [-0.3, -0.25) is 4.79 Å². The molecule has 0 aromatic heterocycles. The van der Waals surface area contributed by atoms with E-state index in [1.165, 1.54) is 4.31 Å². The van der Waals surface area contributed by atoms with Crippen LogP contribution in [0.2, 0.25) is 0 Å². The lowest BCUT2D eigenvalue weighted by atomic mass is 10.1. The Morgan fingerprint density at radius 3 is 2.35 bits per heavy atom. The maximum atomic E-state index is 13.2. The zero-order chi connectivity index (χ0) is 23.5. The van der Waals surface area contributed by atoms with Gasteiger partial charge in [0.25, 0.3) is 0 Å². The van der Waals surface area contributed by atoms with Gasteiger partial charge in [-0.2, -0.15) is 4.31 Å². The molecule has 1 heterocycles. The number of nitrogens with zero attached hydrogens (tertiary/aromatic N) is 2. The first-order chi connectivity index (χ1) is 16.5. The first-order valence-electron chi connectivity index (χ1n) is 11.6. The average molecular weight is 477 g/mol. The van der Waals surface area contributed by atoms with Crippen molar-refractivity contribution in [3.05, 3.63) is 95.6 Å². The van der Waals surface area contributed by atoms with Gasteiger partial charge in [-0.1, -0.05) is 54.6 Å². The topological polar surface area (TPSA) is 66.9 Å². The summed E-state index contributed by atoms with van der Waals surface area (Å²) in [4.78, 5) is 14.9. The van der Waals surface area contributed by atoms with Crippen molar-refractivity contribution >= 4 is 21.6 Å². The predicted molar refractivity (Wildman–Crippen MR) is 132 cm³/mol. The maximum absolute atomic E-state index is 13.2. The third-order valence-corrected chi connectivity index (χ3v) is 8.05. The van der Waals surface area contributed by atoms with Crippen LogP contribution in [0.3, 0.4) is 0 Å². The highest BCUT2D eigenvalue weighted by atomic mass is 32.2. The number of ether oxygens (including phenoxy) is 1. The molecule has 1 amide bonds. The number of sulfonamides is 1. The van der Waals surface area contributed by atoms with E-state index in [1.54, 1.807) is 0 Å². The minimum atomic E-state index is -3.51. The van der Waals surface area contributed by atoms with Crippen LogP contribution in [0.5, 0.6) is 5.75 Å². The Kier molecular flexibility index (Phi) is 6.39. The minimum absolute atomic E-state index is 0.0411. The molecule has 1 aliphatic carbocycles. The molecule has 6 nitrogen and oxygen atoms in total. The SMILES string of the molecule is O=C(C1CC1)N(Cc1ccc2c(c1)CN(S(=O)(=O)Cc1ccccc1)CCO2)c1ccccc1. The molecule has 0 saturated heterocycles. The maximum Gasteiger partial charge on any atom is 0.230 e. The van der Waals surface area contributed by atoms with Crippen molar-refractivity contribution in [2.24, 2.45) is 5.92 Å². The van der Waals surface area contributed by atoms with Crippen molar-refractivity contribution in [3.63, 3.8) is 0 Å². The summed E-state index contributed by atoms with van der Waals surface area (Å²) in [5, 5.41) is 0. The van der Waals surface area contributed by atoms with Crippen molar-refractivity contribution in [1.82, 2.24) is 4.31 Å². The summed E-state index contributed by atoms with van der Waals surface area (Å²) in [6, 6.07) is 24.8. The van der Waals surface area contributed by atoms with Crippen molar-refractivity contribution in [1.29, 1.82) is 0 Å². The molecular weight excluding hydrogens is 448 g/mol. The highest BCUT2D eigenvalue weighted by Crippen LogP contribution is 2.34. The summed E-state index contributed by atoms with van der Waals surface area (Å²) in [5.41, 5.74) is 3.40. The van der Waals surface area contributed by atoms with Crippen LogP contribution in [0, 0.1) is 5.92 Å². The Bertz CT molecular complexity index is 1260. The molecule has 1 saturated carbocycles. The first-order valence-corrected chi connectivity index (χ1v) is 13.2. The summed E-state index contributed by atoms with van der Waals surface area (Å²) in [6.07, 6.45) is 1.88. The fraction of sp³-hybridized carbons (Fsp3) is 0.296. The third kappa shape index (κ3) is 5.16. The standard InChI is InChI=1S/C27H28N2O4S/c30-27(23-12-13-23)29(25-9-5-2-6-10-25)18-22-11-14-26-24(17-22)19-28(15-16-33-26)34(31,32)20-21-7-3-1-4-8-21/h1-11,14,17,23H,12-13,15-16,18-20H2. The van der Waals surface area contributed by atoms with E-state index >= 15 is 0 Å². The Hall–Kier alpha value is -3.16. The normalized spacial score (nSPS) is 16.2. The van der Waals surface area contributed by atoms with E-state index in [-0.39, 0.29) is 24.1 Å². The fourth-order valence-electron chi connectivity index (χ4n) is 4.27. The van der Waals surface area contributed by atoms with Crippen LogP contribution in [0.25, 0.3) is 0 Å². The number of carbonyl (C=O) groups excluding carboxylic acids is 1. The molecule has 1 fully saturated rings. The second kappa shape index (κ2) is 9.60. The van der Waals surface area contributed by atoms with Gasteiger partial charge < -0.3 is 9.64 Å². The molecule has 0 unspecified atom stereocenters. The van der Waals surface area contributed by atoms with Crippen LogP contribution < -0.4 is 9.64 Å². The Morgan fingerprint density at radius 1 is 0.941 bits per heavy atom. The Labute approximate surface area is 200 Å². The van der Waals surface area contributed by atoms with Gasteiger partial charge in [0.05, 0.1) is 12.3 Å². The number of rotatable bonds is 7. The number of amides is 1. The van der Waals surface area contributed by atoms with Crippen LogP contribution in [0.1, 0.15) is 29.5 Å². The summed E-state index contributed by atoms with van der Waals surface area (Å²) in [5.74, 6) is 0.897. The molecule has 0 spiro atoms. The highest BCUT2D eigenvalue weighted by molar-refractivity contribution is 7.88. The van der Waals surface area contributed by atoms with Gasteiger partial charge in [0.2, 0.25) is 15.9 Å². The van der Waals surface area contributed by atoms with Gasteiger partial charge in [-0.25, -0.2) is 8.42 Å². The number of carbonyl (C=O) groups is 1. The van der Waals surface area contributed by atoms with E-state index in [9.17, 15) is 13.2 Å². The quantitative estimate of drug-likeness (QED) is 0.508. The lowest BCUT2D eigenvalue weighted by molar-refractivity contribution is -0.119. The van der Waals surface area contributed by atoms with Crippen LogP contribution in [-0.2, 0) is 33.7 Å². The van der Waals surface area contributed by atoms with E-state index in [2.05, 4.69) is 0 Å². The summed E-state index contributed by atoms with van der Waals surface area (Å²) < 4.78 is 33.7. The largest absolute Gasteiger partial charge is 0.492 e. The summed E-state index contributed by atoms with van der Waals surface area (Å²) >= 11 is 0. The minimum Gasteiger partial charge on any atom is -0.492 e. The number of hydrogen-bond acceptors (Lipinski definition) is 4. The van der Waals surface area contributed by atoms with Crippen molar-refractivity contribution < 1.29 is 17.9 Å². The van der Waals surface area contributed by atoms with Crippen LogP contribution in [0.4, 0.5) is 5.69 Å². The van der Waals surface area contributed by atoms with Crippen LogP contribution in [0.15, 0.2) is 78.9 Å². The van der Waals surface area contributed by atoms with E-state index in [0.717, 1.165) is 35.2 Å². The predicted octanol–water partition coefficient (Wildman–Crippen LogP) is 4.35. The molecule has 2 aliphatic rings. The van der Waals surface area contributed by atoms with Crippen LogP contribution >= 0.6 is 0 Å². The molecule has 5 rings (SSSR count). The first kappa shape index (κ1) is 22.6. The molecule has 0 radical (unpaired) electrons. The molecule has 34 heavy (non-hydrogen) atoms. The average Bonchev–Trinajstić information content (AvgIpc) is 3.70. The summed E-state index contributed by atoms with van der Waals surface area (Å²) in [6.45, 7) is 1.29. The van der Waals surface area contributed by atoms with Crippen molar-refractivity contribution in [3.8, 4) is 5.75 Å². The van der Waals surface area contributed by atoms with E-state index in [0.29, 0.717) is 25.4 Å². The zero-order valence-corrected chi connectivity index (χ0v) is 19.8. The molecule has 7 heteroatoms. The van der Waals surface area contributed by atoms with Gasteiger partial charge >= 0.3 is 0 Å². The summed E-state index contributed by atoms with van der Waals surface area (Å²) in [7, 11) is -3.51. The molecule has 0 N–H and O–H groups in total. The lowest BCUT2D eigenvalue weighted by Crippen LogP contribution is -2.33. The molecule has 176 valence electrons. The van der Waals surface area contributed by atoms with E-state index < -0.39 is 10.0 Å². The van der Waals surface area contributed by atoms with Crippen molar-refractivity contribution in [2.45, 2.75) is 31.7 Å². The second-order valence-corrected chi connectivity index (χ2v) is 10.9. The van der Waals surface area contributed by atoms with Crippen LogP contribution in [-0.4, -0.2) is 31.8 Å². The van der Waals surface area contributed by atoms with Gasteiger partial charge in [0, 0.05) is 30.3 Å². The second-order valence-electron chi connectivity index (χ2n) is 8.90. The lowest BCUT2D eigenvalue weighted by Gasteiger charge is -2.24. The molecule has 3 aromatic rings. The van der Waals surface area contributed by atoms with Crippen molar-refractivity contribution in [2.75, 3.05) is 18.1 Å². The molecule has 3 aromatic carbocycles.